The van der Waals surface area contributed by atoms with Gasteiger partial charge >= 0.3 is 0 Å². The molecule has 1 atom stereocenters. The summed E-state index contributed by atoms with van der Waals surface area (Å²) >= 11 is 1.56. The lowest BCUT2D eigenvalue weighted by Crippen LogP contribution is -2.28. The van der Waals surface area contributed by atoms with Crippen LogP contribution >= 0.6 is 11.3 Å². The van der Waals surface area contributed by atoms with Crippen LogP contribution in [0.2, 0.25) is 0 Å². The van der Waals surface area contributed by atoms with Gasteiger partial charge in [0.25, 0.3) is 5.91 Å². The van der Waals surface area contributed by atoms with Crippen LogP contribution in [-0.2, 0) is 17.6 Å². The summed E-state index contributed by atoms with van der Waals surface area (Å²) in [6.45, 7) is 12.5. The summed E-state index contributed by atoms with van der Waals surface area (Å²) in [6.07, 6.45) is 2.84. The van der Waals surface area contributed by atoms with Gasteiger partial charge in [-0.1, -0.05) is 41.5 Å². The first kappa shape index (κ1) is 23.3. The molecule has 0 spiro atoms. The van der Waals surface area contributed by atoms with Crippen molar-refractivity contribution in [3.8, 4) is 5.75 Å². The summed E-state index contributed by atoms with van der Waals surface area (Å²) in [5.74, 6) is 1.03. The Morgan fingerprint density at radius 1 is 1.03 bits per heavy atom. The van der Waals surface area contributed by atoms with Gasteiger partial charge < -0.3 is 15.4 Å². The Morgan fingerprint density at radius 2 is 1.68 bits per heavy atom. The monoisotopic (exact) mass is 442 g/mol. The number of carbonyl (C=O) groups is 2. The van der Waals surface area contributed by atoms with Crippen LogP contribution in [0.4, 0.5) is 10.7 Å². The Balaban J connectivity index is 1.95. The molecule has 5 nitrogen and oxygen atoms in total. The predicted octanol–water partition coefficient (Wildman–Crippen LogP) is 6.14. The number of carbonyl (C=O) groups excluding carboxylic acids is 2. The molecule has 2 amide bonds. The van der Waals surface area contributed by atoms with E-state index in [2.05, 4.69) is 31.4 Å². The van der Waals surface area contributed by atoms with Crippen molar-refractivity contribution in [2.75, 3.05) is 17.7 Å². The first-order valence-corrected chi connectivity index (χ1v) is 11.6. The van der Waals surface area contributed by atoms with Crippen molar-refractivity contribution >= 4 is 33.8 Å². The second-order valence-electron chi connectivity index (χ2n) is 10.4. The number of hydrogen-bond acceptors (Lipinski definition) is 4. The molecule has 168 valence electrons. The summed E-state index contributed by atoms with van der Waals surface area (Å²) in [6, 6.07) is 7.26. The maximum atomic E-state index is 13.3. The number of fused-ring (bicyclic) bond motifs is 1. The minimum Gasteiger partial charge on any atom is -0.497 e. The van der Waals surface area contributed by atoms with E-state index in [1.807, 2.05) is 45.0 Å². The Morgan fingerprint density at radius 3 is 2.23 bits per heavy atom. The molecule has 2 N–H and O–H groups in total. The second-order valence-corrected chi connectivity index (χ2v) is 11.5. The van der Waals surface area contributed by atoms with Crippen molar-refractivity contribution in [3.05, 3.63) is 40.3 Å². The van der Waals surface area contributed by atoms with E-state index in [4.69, 9.17) is 4.74 Å². The van der Waals surface area contributed by atoms with Gasteiger partial charge in [0, 0.05) is 16.0 Å². The molecule has 0 unspecified atom stereocenters. The third-order valence-corrected chi connectivity index (χ3v) is 7.14. The van der Waals surface area contributed by atoms with Gasteiger partial charge in [-0.15, -0.1) is 11.3 Å². The molecule has 0 saturated heterocycles. The zero-order chi connectivity index (χ0) is 23.0. The van der Waals surface area contributed by atoms with Crippen molar-refractivity contribution in [1.82, 2.24) is 0 Å². The minimum atomic E-state index is -0.540. The molecule has 0 aliphatic heterocycles. The Bertz CT molecular complexity index is 962. The third kappa shape index (κ3) is 5.29. The van der Waals surface area contributed by atoms with Crippen molar-refractivity contribution in [3.63, 3.8) is 0 Å². The Hall–Kier alpha value is -2.34. The van der Waals surface area contributed by atoms with Crippen LogP contribution in [0.3, 0.4) is 0 Å². The van der Waals surface area contributed by atoms with Gasteiger partial charge in [0.2, 0.25) is 5.91 Å². The van der Waals surface area contributed by atoms with Crippen LogP contribution in [0.15, 0.2) is 24.3 Å². The Kier molecular flexibility index (Phi) is 6.51. The first-order chi connectivity index (χ1) is 14.4. The molecule has 1 heterocycles. The molecular formula is C25H34N2O3S. The molecule has 1 aliphatic carbocycles. The number of rotatable bonds is 4. The number of hydrogen-bond donors (Lipinski definition) is 2. The number of ether oxygens (including phenoxy) is 1. The molecule has 0 radical (unpaired) electrons. The number of anilines is 2. The zero-order valence-electron chi connectivity index (χ0n) is 19.6. The standard InChI is InChI=1S/C25H34N2O3S/c1-24(2,3)15-8-13-18-19(14-15)31-22(27-23(29)25(4,5)6)20(18)21(28)26-16-9-11-17(30-7)12-10-16/h9-12,15H,8,13-14H2,1-7H3,(H,26,28)(H,27,29)/t15-/m1/s1. The summed E-state index contributed by atoms with van der Waals surface area (Å²) in [4.78, 5) is 27.3. The molecule has 2 aromatic rings. The van der Waals surface area contributed by atoms with Crippen LogP contribution in [0.5, 0.6) is 5.75 Å². The second kappa shape index (κ2) is 8.65. The van der Waals surface area contributed by atoms with Gasteiger partial charge in [-0.25, -0.2) is 0 Å². The maximum absolute atomic E-state index is 13.3. The fourth-order valence-electron chi connectivity index (χ4n) is 3.81. The third-order valence-electron chi connectivity index (χ3n) is 5.97. The van der Waals surface area contributed by atoms with E-state index < -0.39 is 5.41 Å². The van der Waals surface area contributed by atoms with E-state index in [-0.39, 0.29) is 17.2 Å². The molecule has 1 aromatic carbocycles. The lowest BCUT2D eigenvalue weighted by atomic mass is 9.72. The van der Waals surface area contributed by atoms with Gasteiger partial charge in [-0.3, -0.25) is 9.59 Å². The largest absolute Gasteiger partial charge is 0.497 e. The van der Waals surface area contributed by atoms with Crippen LogP contribution in [0, 0.1) is 16.7 Å². The molecule has 0 bridgehead atoms. The van der Waals surface area contributed by atoms with Crippen LogP contribution < -0.4 is 15.4 Å². The fourth-order valence-corrected chi connectivity index (χ4v) is 5.13. The van der Waals surface area contributed by atoms with Crippen molar-refractivity contribution in [2.24, 2.45) is 16.7 Å². The van der Waals surface area contributed by atoms with E-state index >= 15 is 0 Å². The molecule has 0 fully saturated rings. The summed E-state index contributed by atoms with van der Waals surface area (Å²) in [7, 11) is 1.61. The average molecular weight is 443 g/mol. The molecule has 0 saturated carbocycles. The van der Waals surface area contributed by atoms with Gasteiger partial charge in [0.05, 0.1) is 12.7 Å². The molecule has 3 rings (SSSR count). The van der Waals surface area contributed by atoms with Crippen LogP contribution in [-0.4, -0.2) is 18.9 Å². The number of nitrogens with one attached hydrogen (secondary N) is 2. The summed E-state index contributed by atoms with van der Waals surface area (Å²) in [5.41, 5.74) is 2.06. The van der Waals surface area contributed by atoms with Gasteiger partial charge in [0.1, 0.15) is 10.8 Å². The smallest absolute Gasteiger partial charge is 0.258 e. The highest BCUT2D eigenvalue weighted by Crippen LogP contribution is 2.44. The van der Waals surface area contributed by atoms with E-state index in [0.717, 1.165) is 30.6 Å². The quantitative estimate of drug-likeness (QED) is 0.597. The Labute approximate surface area is 189 Å². The summed E-state index contributed by atoms with van der Waals surface area (Å²) < 4.78 is 5.19. The highest BCUT2D eigenvalue weighted by molar-refractivity contribution is 7.17. The molecule has 6 heteroatoms. The van der Waals surface area contributed by atoms with E-state index in [1.54, 1.807) is 18.4 Å². The minimum absolute atomic E-state index is 0.0861. The topological polar surface area (TPSA) is 67.4 Å². The SMILES string of the molecule is COc1ccc(NC(=O)c2c(NC(=O)C(C)(C)C)sc3c2CC[C@@H](C(C)(C)C)C3)cc1. The average Bonchev–Trinajstić information content (AvgIpc) is 3.04. The zero-order valence-corrected chi connectivity index (χ0v) is 20.5. The van der Waals surface area contributed by atoms with Crippen LogP contribution in [0.1, 0.15) is 68.8 Å². The number of benzene rings is 1. The van der Waals surface area contributed by atoms with E-state index in [1.165, 1.54) is 4.88 Å². The van der Waals surface area contributed by atoms with Gasteiger partial charge in [0.15, 0.2) is 0 Å². The molecule has 31 heavy (non-hydrogen) atoms. The molecular weight excluding hydrogens is 408 g/mol. The lowest BCUT2D eigenvalue weighted by Gasteiger charge is -2.33. The van der Waals surface area contributed by atoms with E-state index in [0.29, 0.717) is 22.2 Å². The van der Waals surface area contributed by atoms with Crippen LogP contribution in [0.25, 0.3) is 0 Å². The number of thiophene rings is 1. The normalized spacial score (nSPS) is 16.4. The summed E-state index contributed by atoms with van der Waals surface area (Å²) in [5, 5.41) is 6.70. The molecule has 1 aromatic heterocycles. The number of amides is 2. The van der Waals surface area contributed by atoms with E-state index in [9.17, 15) is 9.59 Å². The number of methoxy groups -OCH3 is 1. The highest BCUT2D eigenvalue weighted by Gasteiger charge is 2.35. The van der Waals surface area contributed by atoms with Crippen molar-refractivity contribution in [2.45, 2.75) is 60.8 Å². The fraction of sp³-hybridized carbons (Fsp3) is 0.520. The first-order valence-electron chi connectivity index (χ1n) is 10.8. The maximum Gasteiger partial charge on any atom is 0.258 e. The van der Waals surface area contributed by atoms with Crippen molar-refractivity contribution < 1.29 is 14.3 Å². The highest BCUT2D eigenvalue weighted by atomic mass is 32.1. The van der Waals surface area contributed by atoms with Gasteiger partial charge in [-0.05, 0) is 60.4 Å². The van der Waals surface area contributed by atoms with Crippen molar-refractivity contribution in [1.29, 1.82) is 0 Å². The predicted molar refractivity (Wildman–Crippen MR) is 128 cm³/mol. The molecule has 1 aliphatic rings. The lowest BCUT2D eigenvalue weighted by molar-refractivity contribution is -0.123. The van der Waals surface area contributed by atoms with Gasteiger partial charge in [-0.2, -0.15) is 0 Å².